The van der Waals surface area contributed by atoms with Gasteiger partial charge in [0, 0.05) is 112 Å². The molecule has 1 aliphatic carbocycles. The van der Waals surface area contributed by atoms with Crippen molar-refractivity contribution in [3.8, 4) is 34.3 Å². The number of rotatable bonds is 10. The molecule has 0 unspecified atom stereocenters. The smallest absolute Gasteiger partial charge is 0.272 e. The molecule has 4 aromatic heterocycles. The first-order valence-electron chi connectivity index (χ1n) is 22.9. The first-order valence-corrected chi connectivity index (χ1v) is 23.3. The van der Waals surface area contributed by atoms with Crippen LogP contribution in [-0.4, -0.2) is 96.5 Å². The van der Waals surface area contributed by atoms with Gasteiger partial charge in [0.25, 0.3) is 5.91 Å². The maximum atomic E-state index is 13.1. The van der Waals surface area contributed by atoms with Crippen molar-refractivity contribution in [3.05, 3.63) is 101 Å². The Morgan fingerprint density at radius 1 is 0.954 bits per heavy atom. The molecule has 2 aromatic carbocycles. The highest BCUT2D eigenvalue weighted by Gasteiger charge is 2.31. The molecule has 4 aliphatic rings. The van der Waals surface area contributed by atoms with Crippen LogP contribution in [0.15, 0.2) is 73.2 Å². The van der Waals surface area contributed by atoms with Gasteiger partial charge in [-0.1, -0.05) is 29.8 Å². The van der Waals surface area contributed by atoms with Crippen molar-refractivity contribution in [2.45, 2.75) is 96.0 Å². The molecule has 15 nitrogen and oxygen atoms in total. The number of nitriles is 1. The highest BCUT2D eigenvalue weighted by Crippen LogP contribution is 2.38. The lowest BCUT2D eigenvalue weighted by Crippen LogP contribution is -2.40. The SMILES string of the molecule is CC(=O)N1CCc2c(c(-c3cccc4cc(-c5cnn(CC6CCN(c7ccc(C(=O)NC8CCC(Oc9ccc(C#N)c(Cl)c9)CC8)nn7)CC6)c5)ncc34)nn2C2CCOCC2)C1. The number of fused-ring (bicyclic) bond motifs is 2. The quantitative estimate of drug-likeness (QED) is 0.144. The molecule has 2 amide bonds. The summed E-state index contributed by atoms with van der Waals surface area (Å²) in [5, 5.41) is 33.5. The maximum absolute atomic E-state index is 13.1. The molecule has 6 aromatic rings. The number of amides is 2. The molecule has 16 heteroatoms. The number of piperidine rings is 1. The van der Waals surface area contributed by atoms with Crippen LogP contribution in [0.2, 0.25) is 5.02 Å². The van der Waals surface area contributed by atoms with Crippen LogP contribution in [0.5, 0.6) is 5.75 Å². The zero-order chi connectivity index (χ0) is 44.4. The van der Waals surface area contributed by atoms with E-state index in [1.807, 2.05) is 28.0 Å². The molecule has 10 rings (SSSR count). The number of carbonyl (C=O) groups is 2. The van der Waals surface area contributed by atoms with Crippen molar-refractivity contribution >= 4 is 40.0 Å². The van der Waals surface area contributed by atoms with Crippen molar-refractivity contribution in [2.75, 3.05) is 37.7 Å². The summed E-state index contributed by atoms with van der Waals surface area (Å²) >= 11 is 6.17. The van der Waals surface area contributed by atoms with Gasteiger partial charge in [0.2, 0.25) is 5.91 Å². The van der Waals surface area contributed by atoms with E-state index in [2.05, 4.69) is 61.6 Å². The van der Waals surface area contributed by atoms with Crippen LogP contribution in [0.25, 0.3) is 33.3 Å². The fraction of sp³-hybridized carbons (Fsp3) is 0.429. The Hall–Kier alpha value is -6.37. The van der Waals surface area contributed by atoms with Gasteiger partial charge in [-0.25, -0.2) is 0 Å². The van der Waals surface area contributed by atoms with Gasteiger partial charge in [-0.2, -0.15) is 15.5 Å². The number of carbonyl (C=O) groups excluding carboxylic acids is 2. The minimum absolute atomic E-state index is 0.0243. The number of halogens is 1. The lowest BCUT2D eigenvalue weighted by Gasteiger charge is -2.32. The zero-order valence-electron chi connectivity index (χ0n) is 36.5. The maximum Gasteiger partial charge on any atom is 0.272 e. The van der Waals surface area contributed by atoms with Gasteiger partial charge < -0.3 is 24.6 Å². The summed E-state index contributed by atoms with van der Waals surface area (Å²) in [6, 6.07) is 19.6. The number of pyridine rings is 1. The Morgan fingerprint density at radius 2 is 1.78 bits per heavy atom. The van der Waals surface area contributed by atoms with Crippen LogP contribution in [-0.2, 0) is 29.0 Å². The molecule has 0 spiro atoms. The van der Waals surface area contributed by atoms with Crippen LogP contribution in [0.4, 0.5) is 5.82 Å². The highest BCUT2D eigenvalue weighted by molar-refractivity contribution is 6.31. The molecule has 0 radical (unpaired) electrons. The second kappa shape index (κ2) is 18.6. The van der Waals surface area contributed by atoms with Crippen molar-refractivity contribution in [3.63, 3.8) is 0 Å². The highest BCUT2D eigenvalue weighted by atomic mass is 35.5. The molecule has 7 heterocycles. The Labute approximate surface area is 382 Å². The molecular weight excluding hydrogens is 842 g/mol. The van der Waals surface area contributed by atoms with Gasteiger partial charge in [-0.3, -0.25) is 23.9 Å². The van der Waals surface area contributed by atoms with E-state index in [4.69, 9.17) is 41.5 Å². The largest absolute Gasteiger partial charge is 0.490 e. The van der Waals surface area contributed by atoms with E-state index >= 15 is 0 Å². The Balaban J connectivity index is 0.729. The fourth-order valence-electron chi connectivity index (χ4n) is 9.96. The molecule has 3 aliphatic heterocycles. The fourth-order valence-corrected chi connectivity index (χ4v) is 10.2. The van der Waals surface area contributed by atoms with Crippen LogP contribution in [0.1, 0.15) is 91.6 Å². The number of hydrogen-bond acceptors (Lipinski definition) is 11. The number of hydrogen-bond donors (Lipinski definition) is 1. The number of aromatic nitrogens is 7. The average Bonchev–Trinajstić information content (AvgIpc) is 3.97. The normalized spacial score (nSPS) is 19.5. The van der Waals surface area contributed by atoms with Gasteiger partial charge in [0.05, 0.1) is 40.3 Å². The predicted octanol–water partition coefficient (Wildman–Crippen LogP) is 7.57. The van der Waals surface area contributed by atoms with Crippen molar-refractivity contribution in [1.29, 1.82) is 5.26 Å². The molecule has 334 valence electrons. The molecule has 3 fully saturated rings. The number of nitrogens with zero attached hydrogens (tertiary/aromatic N) is 10. The van der Waals surface area contributed by atoms with Crippen molar-refractivity contribution < 1.29 is 19.1 Å². The Kier molecular flexibility index (Phi) is 12.2. The molecular formula is C49H52ClN11O4. The molecule has 0 atom stereocenters. The van der Waals surface area contributed by atoms with E-state index in [1.165, 1.54) is 5.69 Å². The number of ether oxygens (including phenoxy) is 2. The second-order valence-corrected chi connectivity index (χ2v) is 18.2. The number of anilines is 1. The van der Waals surface area contributed by atoms with Gasteiger partial charge in [0.15, 0.2) is 11.5 Å². The van der Waals surface area contributed by atoms with E-state index in [0.29, 0.717) is 47.1 Å². The monoisotopic (exact) mass is 893 g/mol. The van der Waals surface area contributed by atoms with Crippen LogP contribution >= 0.6 is 11.6 Å². The molecule has 1 saturated carbocycles. The van der Waals surface area contributed by atoms with Crippen LogP contribution in [0.3, 0.4) is 0 Å². The first-order chi connectivity index (χ1) is 31.8. The van der Waals surface area contributed by atoms with Crippen LogP contribution < -0.4 is 15.0 Å². The standard InChI is InChI=1S/C49H52ClN11O4/c1-31(62)59-20-15-46-42(30-59)48(57-61(46)37-16-21-64-22-17-37)40-4-2-3-33-23-45(52-27-41(33)40)35-26-53-60(29-35)28-32-13-18-58(19-14-32)47-12-11-44(55-56-47)49(63)54-36-6-9-38(10-7-36)65-39-8-5-34(25-51)43(50)24-39/h2-5,8,11-12,23-24,26-27,29,32,36-38H,6-7,9-10,13-22,28,30H2,1H3,(H,54,63). The first kappa shape index (κ1) is 42.6. The van der Waals surface area contributed by atoms with Gasteiger partial charge in [-0.05, 0) is 93.0 Å². The zero-order valence-corrected chi connectivity index (χ0v) is 37.3. The lowest BCUT2D eigenvalue weighted by atomic mass is 9.93. The topological polar surface area (TPSA) is 169 Å². The summed E-state index contributed by atoms with van der Waals surface area (Å²) in [6.45, 7) is 6.89. The Morgan fingerprint density at radius 3 is 2.54 bits per heavy atom. The molecule has 0 bridgehead atoms. The minimum Gasteiger partial charge on any atom is -0.490 e. The van der Waals surface area contributed by atoms with Crippen molar-refractivity contribution in [2.24, 2.45) is 5.92 Å². The van der Waals surface area contributed by atoms with E-state index in [9.17, 15) is 9.59 Å². The molecule has 1 N–H and O–H groups in total. The van der Waals surface area contributed by atoms with Gasteiger partial charge in [-0.15, -0.1) is 10.2 Å². The average molecular weight is 894 g/mol. The molecule has 65 heavy (non-hydrogen) atoms. The summed E-state index contributed by atoms with van der Waals surface area (Å²) in [5.41, 5.74) is 6.92. The predicted molar refractivity (Wildman–Crippen MR) is 245 cm³/mol. The summed E-state index contributed by atoms with van der Waals surface area (Å²) in [5.74, 6) is 1.75. The molecule has 2 saturated heterocycles. The Bertz CT molecular complexity index is 2740. The van der Waals surface area contributed by atoms with E-state index < -0.39 is 0 Å². The van der Waals surface area contributed by atoms with E-state index in [1.54, 1.807) is 31.2 Å². The summed E-state index contributed by atoms with van der Waals surface area (Å²) in [4.78, 5) is 34.7. The minimum atomic E-state index is -0.219. The summed E-state index contributed by atoms with van der Waals surface area (Å²) < 4.78 is 16.1. The van der Waals surface area contributed by atoms with Crippen molar-refractivity contribution in [1.82, 2.24) is 45.0 Å². The number of benzene rings is 2. The second-order valence-electron chi connectivity index (χ2n) is 17.8. The third-order valence-electron chi connectivity index (χ3n) is 13.7. The number of nitrogens with one attached hydrogen (secondary N) is 1. The van der Waals surface area contributed by atoms with Gasteiger partial charge >= 0.3 is 0 Å². The van der Waals surface area contributed by atoms with Crippen LogP contribution in [0, 0.1) is 17.2 Å². The third kappa shape index (κ3) is 9.15. The summed E-state index contributed by atoms with van der Waals surface area (Å²) in [6.07, 6.45) is 13.8. The third-order valence-corrected chi connectivity index (χ3v) is 14.0. The van der Waals surface area contributed by atoms with Gasteiger partial charge in [0.1, 0.15) is 11.8 Å². The lowest BCUT2D eigenvalue weighted by molar-refractivity contribution is -0.129. The van der Waals surface area contributed by atoms with E-state index in [0.717, 1.165) is 135 Å². The summed E-state index contributed by atoms with van der Waals surface area (Å²) in [7, 11) is 0. The van der Waals surface area contributed by atoms with E-state index in [-0.39, 0.29) is 24.0 Å².